The molecule has 1 N–H and O–H groups in total. The van der Waals surface area contributed by atoms with Crippen LogP contribution in [0, 0.1) is 5.92 Å². The van der Waals surface area contributed by atoms with Crippen LogP contribution in [0.15, 0.2) is 60.7 Å². The van der Waals surface area contributed by atoms with Crippen LogP contribution in [-0.2, 0) is 19.9 Å². The Balaban J connectivity index is 2.65. The van der Waals surface area contributed by atoms with Crippen molar-refractivity contribution in [3.8, 4) is 0 Å². The number of carbonyl (C=O) groups is 1. The van der Waals surface area contributed by atoms with Crippen molar-refractivity contribution in [2.45, 2.75) is 25.6 Å². The van der Waals surface area contributed by atoms with E-state index in [4.69, 9.17) is 9.47 Å². The first kappa shape index (κ1) is 18.2. The summed E-state index contributed by atoms with van der Waals surface area (Å²) in [4.78, 5) is 12.2. The fourth-order valence-electron chi connectivity index (χ4n) is 2.68. The average Bonchev–Trinajstić information content (AvgIpc) is 2.63. The van der Waals surface area contributed by atoms with Gasteiger partial charge in [-0.25, -0.2) is 4.79 Å². The second kappa shape index (κ2) is 8.08. The topological polar surface area (TPSA) is 55.8 Å². The molecule has 0 spiro atoms. The average molecular weight is 328 g/mol. The quantitative estimate of drug-likeness (QED) is 0.793. The van der Waals surface area contributed by atoms with Crippen molar-refractivity contribution in [1.82, 2.24) is 0 Å². The van der Waals surface area contributed by atoms with Crippen molar-refractivity contribution in [3.05, 3.63) is 71.8 Å². The Labute approximate surface area is 143 Å². The lowest BCUT2D eigenvalue weighted by Crippen LogP contribution is -2.48. The number of hydrogen-bond donors (Lipinski definition) is 1. The van der Waals surface area contributed by atoms with Crippen LogP contribution < -0.4 is 0 Å². The number of esters is 1. The molecule has 0 aromatic heterocycles. The molecule has 2 aromatic carbocycles. The van der Waals surface area contributed by atoms with Gasteiger partial charge in [-0.3, -0.25) is 0 Å². The third kappa shape index (κ3) is 3.66. The van der Waals surface area contributed by atoms with Crippen molar-refractivity contribution in [1.29, 1.82) is 0 Å². The van der Waals surface area contributed by atoms with Crippen LogP contribution in [-0.4, -0.2) is 30.9 Å². The van der Waals surface area contributed by atoms with E-state index >= 15 is 0 Å². The van der Waals surface area contributed by atoms with E-state index in [0.717, 1.165) is 0 Å². The van der Waals surface area contributed by atoms with Crippen molar-refractivity contribution in [2.75, 3.05) is 13.7 Å². The first-order valence-corrected chi connectivity index (χ1v) is 8.03. The van der Waals surface area contributed by atoms with Crippen LogP contribution in [0.1, 0.15) is 25.0 Å². The Kier molecular flexibility index (Phi) is 6.12. The molecule has 0 amide bonds. The summed E-state index contributed by atoms with van der Waals surface area (Å²) in [5, 5.41) is 10.8. The van der Waals surface area contributed by atoms with Crippen molar-refractivity contribution < 1.29 is 19.4 Å². The van der Waals surface area contributed by atoms with Crippen LogP contribution >= 0.6 is 0 Å². The van der Waals surface area contributed by atoms with E-state index in [0.29, 0.717) is 17.7 Å². The smallest absolute Gasteiger partial charge is 0.338 e. The second-order valence-corrected chi connectivity index (χ2v) is 6.10. The molecule has 0 unspecified atom stereocenters. The lowest BCUT2D eigenvalue weighted by Gasteiger charge is -2.38. The minimum absolute atomic E-state index is 0.238. The molecule has 0 aliphatic heterocycles. The van der Waals surface area contributed by atoms with Gasteiger partial charge in [0.15, 0.2) is 11.7 Å². The van der Waals surface area contributed by atoms with Gasteiger partial charge in [0, 0.05) is 0 Å². The first-order chi connectivity index (χ1) is 11.5. The van der Waals surface area contributed by atoms with Gasteiger partial charge in [-0.2, -0.15) is 0 Å². The number of hydrogen-bond acceptors (Lipinski definition) is 4. The zero-order valence-electron chi connectivity index (χ0n) is 14.3. The van der Waals surface area contributed by atoms with Crippen LogP contribution in [0.5, 0.6) is 0 Å². The molecule has 2 rings (SSSR count). The molecule has 0 aliphatic rings. The highest BCUT2D eigenvalue weighted by Gasteiger charge is 2.47. The molecular weight excluding hydrogens is 304 g/mol. The molecule has 128 valence electrons. The van der Waals surface area contributed by atoms with Crippen LogP contribution in [0.2, 0.25) is 0 Å². The highest BCUT2D eigenvalue weighted by Crippen LogP contribution is 2.38. The number of aliphatic hydroxyl groups excluding tert-OH is 1. The molecule has 0 saturated carbocycles. The molecule has 0 radical (unpaired) electrons. The summed E-state index contributed by atoms with van der Waals surface area (Å²) in [5.41, 5.74) is 0.0874. The Hall–Kier alpha value is -2.17. The maximum Gasteiger partial charge on any atom is 0.338 e. The Morgan fingerprint density at radius 1 is 1.00 bits per heavy atom. The lowest BCUT2D eigenvalue weighted by atomic mass is 9.81. The predicted octanol–water partition coefficient (Wildman–Crippen LogP) is 3.14. The Morgan fingerprint density at radius 3 is 1.83 bits per heavy atom. The fourth-order valence-corrected chi connectivity index (χ4v) is 2.68. The van der Waals surface area contributed by atoms with E-state index < -0.39 is 17.7 Å². The van der Waals surface area contributed by atoms with Gasteiger partial charge in [-0.15, -0.1) is 0 Å². The van der Waals surface area contributed by atoms with Gasteiger partial charge >= 0.3 is 5.97 Å². The number of rotatable bonds is 7. The third-order valence-corrected chi connectivity index (χ3v) is 3.86. The van der Waals surface area contributed by atoms with E-state index in [-0.39, 0.29) is 5.92 Å². The number of aliphatic hydroxyl groups is 1. The Morgan fingerprint density at radius 2 is 1.46 bits per heavy atom. The lowest BCUT2D eigenvalue weighted by molar-refractivity contribution is -0.172. The zero-order valence-corrected chi connectivity index (χ0v) is 14.3. The second-order valence-electron chi connectivity index (χ2n) is 6.10. The summed E-state index contributed by atoms with van der Waals surface area (Å²) >= 11 is 0. The molecule has 0 bridgehead atoms. The summed E-state index contributed by atoms with van der Waals surface area (Å²) in [6.45, 7) is 4.42. The van der Waals surface area contributed by atoms with Crippen molar-refractivity contribution >= 4 is 5.97 Å². The van der Waals surface area contributed by atoms with Gasteiger partial charge in [0.2, 0.25) is 0 Å². The van der Waals surface area contributed by atoms with Gasteiger partial charge in [-0.1, -0.05) is 74.5 Å². The molecule has 24 heavy (non-hydrogen) atoms. The van der Waals surface area contributed by atoms with Crippen LogP contribution in [0.4, 0.5) is 0 Å². The number of methoxy groups -OCH3 is 1. The van der Waals surface area contributed by atoms with E-state index in [1.165, 1.54) is 7.11 Å². The third-order valence-electron chi connectivity index (χ3n) is 3.86. The minimum atomic E-state index is -1.48. The molecule has 4 heteroatoms. The monoisotopic (exact) mass is 328 g/mol. The molecule has 1 atom stereocenters. The summed E-state index contributed by atoms with van der Waals surface area (Å²) in [7, 11) is 1.26. The maximum absolute atomic E-state index is 12.2. The normalized spacial score (nSPS) is 12.9. The Bertz CT molecular complexity index is 598. The van der Waals surface area contributed by atoms with Gasteiger partial charge in [0.1, 0.15) is 0 Å². The highest BCUT2D eigenvalue weighted by molar-refractivity contribution is 5.77. The molecule has 0 fully saturated rings. The van der Waals surface area contributed by atoms with Gasteiger partial charge < -0.3 is 14.6 Å². The number of benzene rings is 2. The largest absolute Gasteiger partial charge is 0.467 e. The highest BCUT2D eigenvalue weighted by atomic mass is 16.6. The van der Waals surface area contributed by atoms with Crippen molar-refractivity contribution in [2.24, 2.45) is 5.92 Å². The van der Waals surface area contributed by atoms with Gasteiger partial charge in [0.05, 0.1) is 13.7 Å². The number of ether oxygens (including phenoxy) is 2. The minimum Gasteiger partial charge on any atom is -0.467 e. The van der Waals surface area contributed by atoms with E-state index in [1.54, 1.807) is 0 Å². The maximum atomic E-state index is 12.2. The van der Waals surface area contributed by atoms with E-state index in [9.17, 15) is 9.90 Å². The summed E-state index contributed by atoms with van der Waals surface area (Å²) < 4.78 is 11.0. The fraction of sp³-hybridized carbons (Fsp3) is 0.350. The summed E-state index contributed by atoms with van der Waals surface area (Å²) in [6.07, 6.45) is -1.48. The summed E-state index contributed by atoms with van der Waals surface area (Å²) in [5.74, 6) is -0.492. The molecule has 2 aromatic rings. The first-order valence-electron chi connectivity index (χ1n) is 8.03. The van der Waals surface area contributed by atoms with Crippen molar-refractivity contribution in [3.63, 3.8) is 0 Å². The molecule has 0 aliphatic carbocycles. The summed E-state index contributed by atoms with van der Waals surface area (Å²) in [6, 6.07) is 18.6. The van der Waals surface area contributed by atoms with Crippen LogP contribution in [0.3, 0.4) is 0 Å². The molecule has 0 heterocycles. The predicted molar refractivity (Wildman–Crippen MR) is 92.5 cm³/mol. The SMILES string of the molecule is COC(=O)[C@H](O)C(OCC(C)C)(c1ccccc1)c1ccccc1. The molecule has 4 nitrogen and oxygen atoms in total. The van der Waals surface area contributed by atoms with E-state index in [2.05, 4.69) is 0 Å². The molecule has 0 saturated heterocycles. The number of carbonyl (C=O) groups excluding carboxylic acids is 1. The molecular formula is C20H24O4. The van der Waals surface area contributed by atoms with Gasteiger partial charge in [-0.05, 0) is 17.0 Å². The van der Waals surface area contributed by atoms with Crippen LogP contribution in [0.25, 0.3) is 0 Å². The van der Waals surface area contributed by atoms with E-state index in [1.807, 2.05) is 74.5 Å². The zero-order chi connectivity index (χ0) is 17.6. The van der Waals surface area contributed by atoms with Gasteiger partial charge in [0.25, 0.3) is 0 Å². The standard InChI is InChI=1S/C20H24O4/c1-15(2)14-24-20(18(21)19(22)23-3,16-10-6-4-7-11-16)17-12-8-5-9-13-17/h4-13,15,18,21H,14H2,1-3H3/t18-/m0/s1.